The molecule has 29 heavy (non-hydrogen) atoms. The Morgan fingerprint density at radius 3 is 2.59 bits per heavy atom. The molecule has 0 bridgehead atoms. The zero-order valence-electron chi connectivity index (χ0n) is 16.9. The highest BCUT2D eigenvalue weighted by Gasteiger charge is 2.12. The van der Waals surface area contributed by atoms with Crippen LogP contribution < -0.4 is 9.47 Å². The summed E-state index contributed by atoms with van der Waals surface area (Å²) in [6.45, 7) is 5.82. The van der Waals surface area contributed by atoms with Gasteiger partial charge in [-0.15, -0.1) is 0 Å². The molecule has 2 aromatic rings. The topological polar surface area (TPSA) is 85.6 Å². The van der Waals surface area contributed by atoms with E-state index < -0.39 is 11.9 Å². The van der Waals surface area contributed by atoms with Gasteiger partial charge in [0.1, 0.15) is 23.1 Å². The Morgan fingerprint density at radius 2 is 1.93 bits per heavy atom. The molecular weight excluding hydrogens is 370 g/mol. The Bertz CT molecular complexity index is 969. The Kier molecular flexibility index (Phi) is 7.55. The van der Waals surface area contributed by atoms with E-state index in [9.17, 15) is 9.59 Å². The molecule has 0 aliphatic rings. The fourth-order valence-electron chi connectivity index (χ4n) is 2.62. The molecule has 6 nitrogen and oxygen atoms in total. The zero-order chi connectivity index (χ0) is 21.4. The Hall–Kier alpha value is -3.59. The number of rotatable bonds is 7. The van der Waals surface area contributed by atoms with Crippen molar-refractivity contribution < 1.29 is 23.8 Å². The summed E-state index contributed by atoms with van der Waals surface area (Å²) >= 11 is 0. The second-order valence-electron chi connectivity index (χ2n) is 6.69. The van der Waals surface area contributed by atoms with Crippen molar-refractivity contribution in [3.63, 3.8) is 0 Å². The monoisotopic (exact) mass is 393 g/mol. The first kappa shape index (κ1) is 21.7. The largest absolute Gasteiger partial charge is 0.482 e. The molecule has 0 spiro atoms. The molecular formula is C23H23NO5. The third-order valence-electron chi connectivity index (χ3n) is 4.06. The molecule has 2 rings (SSSR count). The van der Waals surface area contributed by atoms with Crippen molar-refractivity contribution in [1.29, 1.82) is 5.26 Å². The summed E-state index contributed by atoms with van der Waals surface area (Å²) in [6, 6.07) is 14.1. The molecule has 0 aromatic heterocycles. The first-order valence-corrected chi connectivity index (χ1v) is 9.08. The van der Waals surface area contributed by atoms with Crippen LogP contribution in [0, 0.1) is 18.3 Å². The predicted octanol–water partition coefficient (Wildman–Crippen LogP) is 4.18. The number of carbonyl (C=O) groups is 2. The van der Waals surface area contributed by atoms with Crippen LogP contribution in [0.1, 0.15) is 36.5 Å². The van der Waals surface area contributed by atoms with Gasteiger partial charge >= 0.3 is 11.9 Å². The Balaban J connectivity index is 2.07. The number of aryl methyl sites for hydroxylation is 1. The molecule has 0 heterocycles. The lowest BCUT2D eigenvalue weighted by Gasteiger charge is -2.14. The maximum atomic E-state index is 12.2. The van der Waals surface area contributed by atoms with Crippen molar-refractivity contribution in [3.05, 3.63) is 64.7 Å². The van der Waals surface area contributed by atoms with Crippen LogP contribution >= 0.6 is 0 Å². The molecule has 0 radical (unpaired) electrons. The Morgan fingerprint density at radius 1 is 1.17 bits per heavy atom. The van der Waals surface area contributed by atoms with Gasteiger partial charge in [-0.2, -0.15) is 5.26 Å². The van der Waals surface area contributed by atoms with E-state index in [1.807, 2.05) is 25.1 Å². The van der Waals surface area contributed by atoms with E-state index in [1.165, 1.54) is 13.2 Å². The van der Waals surface area contributed by atoms with Crippen molar-refractivity contribution in [2.24, 2.45) is 0 Å². The SMILES string of the molecule is COC(=O)/C(C#N)=C/c1cccc(OC(=O)COc2cc(C)ccc2C(C)C)c1. The van der Waals surface area contributed by atoms with Crippen molar-refractivity contribution in [2.75, 3.05) is 13.7 Å². The number of nitrogens with zero attached hydrogens (tertiary/aromatic N) is 1. The minimum Gasteiger partial charge on any atom is -0.482 e. The van der Waals surface area contributed by atoms with Gasteiger partial charge < -0.3 is 14.2 Å². The van der Waals surface area contributed by atoms with Crippen molar-refractivity contribution in [2.45, 2.75) is 26.7 Å². The maximum Gasteiger partial charge on any atom is 0.349 e. The number of nitriles is 1. The van der Waals surface area contributed by atoms with Gasteiger partial charge in [-0.25, -0.2) is 9.59 Å². The van der Waals surface area contributed by atoms with Gasteiger partial charge in [0.05, 0.1) is 7.11 Å². The number of ether oxygens (including phenoxy) is 3. The predicted molar refractivity (Wildman–Crippen MR) is 108 cm³/mol. The highest BCUT2D eigenvalue weighted by atomic mass is 16.6. The van der Waals surface area contributed by atoms with Crippen LogP contribution in [0.25, 0.3) is 6.08 Å². The van der Waals surface area contributed by atoms with Crippen molar-refractivity contribution in [1.82, 2.24) is 0 Å². The molecule has 0 unspecified atom stereocenters. The summed E-state index contributed by atoms with van der Waals surface area (Å²) in [5, 5.41) is 9.04. The van der Waals surface area contributed by atoms with E-state index in [2.05, 4.69) is 18.6 Å². The van der Waals surface area contributed by atoms with Crippen molar-refractivity contribution >= 4 is 18.0 Å². The lowest BCUT2D eigenvalue weighted by molar-refractivity contribution is -0.137. The first-order valence-electron chi connectivity index (χ1n) is 9.08. The van der Waals surface area contributed by atoms with Crippen LogP contribution in [0.4, 0.5) is 0 Å². The molecule has 2 aromatic carbocycles. The molecule has 150 valence electrons. The molecule has 6 heteroatoms. The smallest absolute Gasteiger partial charge is 0.349 e. The van der Waals surface area contributed by atoms with E-state index in [0.717, 1.165) is 11.1 Å². The van der Waals surface area contributed by atoms with Gasteiger partial charge in [-0.3, -0.25) is 0 Å². The molecule has 0 N–H and O–H groups in total. The fourth-order valence-corrected chi connectivity index (χ4v) is 2.62. The van der Waals surface area contributed by atoms with Crippen LogP contribution in [0.2, 0.25) is 0 Å². The number of hydrogen-bond acceptors (Lipinski definition) is 6. The average molecular weight is 393 g/mol. The molecule has 0 amide bonds. The number of carbonyl (C=O) groups excluding carboxylic acids is 2. The van der Waals surface area contributed by atoms with Crippen molar-refractivity contribution in [3.8, 4) is 17.6 Å². The van der Waals surface area contributed by atoms with Gasteiger partial charge in [0.2, 0.25) is 0 Å². The zero-order valence-corrected chi connectivity index (χ0v) is 16.9. The molecule has 0 saturated heterocycles. The Labute approximate surface area is 170 Å². The summed E-state index contributed by atoms with van der Waals surface area (Å²) in [6.07, 6.45) is 1.36. The van der Waals surface area contributed by atoms with E-state index in [-0.39, 0.29) is 23.8 Å². The second-order valence-corrected chi connectivity index (χ2v) is 6.69. The highest BCUT2D eigenvalue weighted by molar-refractivity contribution is 5.97. The lowest BCUT2D eigenvalue weighted by atomic mass is 10.0. The number of benzene rings is 2. The average Bonchev–Trinajstić information content (AvgIpc) is 2.70. The minimum absolute atomic E-state index is 0.153. The number of hydrogen-bond donors (Lipinski definition) is 0. The third-order valence-corrected chi connectivity index (χ3v) is 4.06. The van der Waals surface area contributed by atoms with Gasteiger partial charge in [0.25, 0.3) is 0 Å². The summed E-state index contributed by atoms with van der Waals surface area (Å²) in [7, 11) is 1.20. The quantitative estimate of drug-likeness (QED) is 0.304. The normalized spacial score (nSPS) is 11.0. The van der Waals surface area contributed by atoms with Crippen LogP contribution in [0.3, 0.4) is 0 Å². The van der Waals surface area contributed by atoms with Gasteiger partial charge in [-0.05, 0) is 53.8 Å². The first-order chi connectivity index (χ1) is 13.8. The summed E-state index contributed by atoms with van der Waals surface area (Å²) in [4.78, 5) is 23.7. The second kappa shape index (κ2) is 10.1. The maximum absolute atomic E-state index is 12.2. The van der Waals surface area contributed by atoms with Crippen LogP contribution in [-0.2, 0) is 14.3 Å². The highest BCUT2D eigenvalue weighted by Crippen LogP contribution is 2.27. The van der Waals surface area contributed by atoms with Crippen LogP contribution in [-0.4, -0.2) is 25.7 Å². The summed E-state index contributed by atoms with van der Waals surface area (Å²) < 4.78 is 15.5. The number of methoxy groups -OCH3 is 1. The molecule has 0 saturated carbocycles. The van der Waals surface area contributed by atoms with E-state index in [0.29, 0.717) is 11.3 Å². The third kappa shape index (κ3) is 6.22. The van der Waals surface area contributed by atoms with Gasteiger partial charge in [0.15, 0.2) is 6.61 Å². The van der Waals surface area contributed by atoms with Crippen LogP contribution in [0.5, 0.6) is 11.5 Å². The van der Waals surface area contributed by atoms with Gasteiger partial charge in [-0.1, -0.05) is 38.1 Å². The molecule has 0 atom stereocenters. The number of esters is 2. The van der Waals surface area contributed by atoms with Crippen LogP contribution in [0.15, 0.2) is 48.0 Å². The summed E-state index contributed by atoms with van der Waals surface area (Å²) in [5.74, 6) is -0.0966. The molecule has 0 fully saturated rings. The van der Waals surface area contributed by atoms with E-state index >= 15 is 0 Å². The fraction of sp³-hybridized carbons (Fsp3) is 0.261. The minimum atomic E-state index is -0.734. The lowest BCUT2D eigenvalue weighted by Crippen LogP contribution is -2.18. The molecule has 0 aliphatic heterocycles. The van der Waals surface area contributed by atoms with E-state index in [4.69, 9.17) is 14.7 Å². The summed E-state index contributed by atoms with van der Waals surface area (Å²) in [5.41, 5.74) is 2.43. The molecule has 0 aliphatic carbocycles. The standard InChI is InChI=1S/C23H23NO5/c1-15(2)20-9-8-16(3)10-21(20)28-14-22(25)29-19-7-5-6-17(12-19)11-18(13-24)23(26)27-4/h5-12,15H,14H2,1-4H3/b18-11+. The van der Waals surface area contributed by atoms with Gasteiger partial charge in [0, 0.05) is 0 Å². The van der Waals surface area contributed by atoms with E-state index in [1.54, 1.807) is 30.3 Å².